The molecule has 0 aliphatic heterocycles. The Morgan fingerprint density at radius 1 is 1.14 bits per heavy atom. The number of aromatic nitrogens is 1. The normalized spacial score (nSPS) is 13.1. The fourth-order valence-electron chi connectivity index (χ4n) is 3.36. The smallest absolute Gasteiger partial charge is 0.355 e. The maximum absolute atomic E-state index is 13.0. The minimum Gasteiger partial charge on any atom is -0.484 e. The van der Waals surface area contributed by atoms with Gasteiger partial charge in [-0.3, -0.25) is 9.59 Å². The summed E-state index contributed by atoms with van der Waals surface area (Å²) in [5, 5.41) is 0. The molecular weight excluding hydrogens is 372 g/mol. The lowest BCUT2D eigenvalue weighted by atomic mass is 10.1. The highest BCUT2D eigenvalue weighted by Gasteiger charge is 2.35. The van der Waals surface area contributed by atoms with E-state index < -0.39 is 5.97 Å². The molecule has 1 amide bonds. The maximum Gasteiger partial charge on any atom is 0.355 e. The number of hydrogen-bond acceptors (Lipinski definition) is 5. The molecule has 3 rings (SSSR count). The average molecular weight is 398 g/mol. The number of hydrogen-bond donors (Lipinski definition) is 1. The standard InChI is InChI=1S/C22H26N2O5/c1-4-28-22(27)21-14(2)20(15(3)23-21)18(25)12-24(16-10-11-16)19(26)13-29-17-8-6-5-7-9-17/h5-9,16,23H,4,10-13H2,1-3H3. The van der Waals surface area contributed by atoms with E-state index in [1.165, 1.54) is 0 Å². The summed E-state index contributed by atoms with van der Waals surface area (Å²) in [6.07, 6.45) is 1.76. The van der Waals surface area contributed by atoms with Gasteiger partial charge in [-0.1, -0.05) is 18.2 Å². The van der Waals surface area contributed by atoms with Crippen LogP contribution in [0.25, 0.3) is 0 Å². The summed E-state index contributed by atoms with van der Waals surface area (Å²) >= 11 is 0. The molecule has 1 N–H and O–H groups in total. The van der Waals surface area contributed by atoms with Crippen LogP contribution < -0.4 is 4.74 Å². The number of ether oxygens (including phenoxy) is 2. The number of ketones is 1. The van der Waals surface area contributed by atoms with Gasteiger partial charge >= 0.3 is 5.97 Å². The number of nitrogens with one attached hydrogen (secondary N) is 1. The summed E-state index contributed by atoms with van der Waals surface area (Å²) < 4.78 is 10.6. The predicted octanol–water partition coefficient (Wildman–Crippen LogP) is 3.06. The summed E-state index contributed by atoms with van der Waals surface area (Å²) in [6.45, 7) is 5.28. The van der Waals surface area contributed by atoms with Crippen molar-refractivity contribution in [1.29, 1.82) is 0 Å². The minimum atomic E-state index is -0.487. The first-order valence-corrected chi connectivity index (χ1v) is 9.79. The van der Waals surface area contributed by atoms with Gasteiger partial charge in [-0.05, 0) is 51.3 Å². The van der Waals surface area contributed by atoms with Gasteiger partial charge in [0.25, 0.3) is 5.91 Å². The fraction of sp³-hybridized carbons (Fsp3) is 0.409. The number of rotatable bonds is 9. The van der Waals surface area contributed by atoms with Gasteiger partial charge in [0.05, 0.1) is 13.2 Å². The maximum atomic E-state index is 13.0. The Kier molecular flexibility index (Phi) is 6.36. The molecule has 1 aliphatic rings. The van der Waals surface area contributed by atoms with E-state index in [2.05, 4.69) is 4.98 Å². The zero-order valence-corrected chi connectivity index (χ0v) is 17.0. The van der Waals surface area contributed by atoms with Gasteiger partial charge in [0.15, 0.2) is 12.4 Å². The Bertz CT molecular complexity index is 899. The first kappa shape index (κ1) is 20.6. The molecule has 1 aromatic heterocycles. The number of nitrogens with zero attached hydrogens (tertiary/aromatic N) is 1. The summed E-state index contributed by atoms with van der Waals surface area (Å²) in [6, 6.07) is 9.17. The molecule has 154 valence electrons. The van der Waals surface area contributed by atoms with E-state index in [1.807, 2.05) is 18.2 Å². The Morgan fingerprint density at radius 3 is 2.45 bits per heavy atom. The summed E-state index contributed by atoms with van der Waals surface area (Å²) in [5.74, 6) is -0.300. The van der Waals surface area contributed by atoms with E-state index in [-0.39, 0.29) is 43.2 Å². The molecule has 1 aliphatic carbocycles. The van der Waals surface area contributed by atoms with Crippen LogP contribution in [-0.2, 0) is 9.53 Å². The largest absolute Gasteiger partial charge is 0.484 e. The topological polar surface area (TPSA) is 88.7 Å². The number of amides is 1. The van der Waals surface area contributed by atoms with E-state index in [0.29, 0.717) is 22.6 Å². The number of carbonyl (C=O) groups is 3. The number of para-hydroxylation sites is 1. The van der Waals surface area contributed by atoms with Gasteiger partial charge in [-0.2, -0.15) is 0 Å². The van der Waals surface area contributed by atoms with Crippen LogP contribution >= 0.6 is 0 Å². The molecule has 29 heavy (non-hydrogen) atoms. The molecule has 0 radical (unpaired) electrons. The average Bonchev–Trinajstić information content (AvgIpc) is 3.49. The SMILES string of the molecule is CCOC(=O)c1[nH]c(C)c(C(=O)CN(C(=O)COc2ccccc2)C2CC2)c1C. The Labute approximate surface area is 170 Å². The van der Waals surface area contributed by atoms with Gasteiger partial charge in [0, 0.05) is 17.3 Å². The third-order valence-electron chi connectivity index (χ3n) is 4.92. The van der Waals surface area contributed by atoms with Crippen LogP contribution in [0.1, 0.15) is 51.9 Å². The third-order valence-corrected chi connectivity index (χ3v) is 4.92. The highest BCUT2D eigenvalue weighted by Crippen LogP contribution is 2.28. The molecule has 1 fully saturated rings. The quantitative estimate of drug-likeness (QED) is 0.518. The Balaban J connectivity index is 1.70. The van der Waals surface area contributed by atoms with Crippen molar-refractivity contribution >= 4 is 17.7 Å². The van der Waals surface area contributed by atoms with Crippen LogP contribution in [0.2, 0.25) is 0 Å². The molecule has 0 atom stereocenters. The van der Waals surface area contributed by atoms with E-state index in [1.54, 1.807) is 37.8 Å². The predicted molar refractivity (Wildman–Crippen MR) is 107 cm³/mol. The van der Waals surface area contributed by atoms with Crippen LogP contribution in [0.5, 0.6) is 5.75 Å². The van der Waals surface area contributed by atoms with E-state index in [9.17, 15) is 14.4 Å². The van der Waals surface area contributed by atoms with Crippen molar-refractivity contribution in [2.75, 3.05) is 19.8 Å². The number of aromatic amines is 1. The van der Waals surface area contributed by atoms with Crippen LogP contribution in [0, 0.1) is 13.8 Å². The van der Waals surface area contributed by atoms with Gasteiger partial charge < -0.3 is 19.4 Å². The molecular formula is C22H26N2O5. The summed E-state index contributed by atoms with van der Waals surface area (Å²) in [5.41, 5.74) is 1.87. The molecule has 0 saturated heterocycles. The summed E-state index contributed by atoms with van der Waals surface area (Å²) in [7, 11) is 0. The van der Waals surface area contributed by atoms with Crippen LogP contribution in [0.15, 0.2) is 30.3 Å². The molecule has 0 unspecified atom stereocenters. The van der Waals surface area contributed by atoms with Crippen molar-refractivity contribution < 1.29 is 23.9 Å². The lowest BCUT2D eigenvalue weighted by Gasteiger charge is -2.22. The molecule has 1 heterocycles. The number of benzene rings is 1. The molecule has 0 bridgehead atoms. The first-order chi connectivity index (χ1) is 13.9. The number of esters is 1. The lowest BCUT2D eigenvalue weighted by molar-refractivity contribution is -0.133. The molecule has 0 spiro atoms. The van der Waals surface area contributed by atoms with Crippen molar-refractivity contribution in [1.82, 2.24) is 9.88 Å². The highest BCUT2D eigenvalue weighted by atomic mass is 16.5. The molecule has 2 aromatic rings. The van der Waals surface area contributed by atoms with Crippen molar-refractivity contribution in [2.45, 2.75) is 39.7 Å². The summed E-state index contributed by atoms with van der Waals surface area (Å²) in [4.78, 5) is 42.3. The van der Waals surface area contributed by atoms with Gasteiger partial charge in [-0.25, -0.2) is 4.79 Å². The zero-order chi connectivity index (χ0) is 21.0. The minimum absolute atomic E-state index is 0.0382. The van der Waals surface area contributed by atoms with Gasteiger partial charge in [0.1, 0.15) is 11.4 Å². The van der Waals surface area contributed by atoms with Crippen LogP contribution in [0.4, 0.5) is 0 Å². The van der Waals surface area contributed by atoms with Crippen molar-refractivity contribution in [3.63, 3.8) is 0 Å². The van der Waals surface area contributed by atoms with E-state index in [0.717, 1.165) is 12.8 Å². The zero-order valence-electron chi connectivity index (χ0n) is 17.0. The highest BCUT2D eigenvalue weighted by molar-refractivity contribution is 6.04. The Morgan fingerprint density at radius 2 is 1.83 bits per heavy atom. The second kappa shape index (κ2) is 8.94. The van der Waals surface area contributed by atoms with E-state index >= 15 is 0 Å². The monoisotopic (exact) mass is 398 g/mol. The van der Waals surface area contributed by atoms with E-state index in [4.69, 9.17) is 9.47 Å². The number of aryl methyl sites for hydroxylation is 1. The lowest BCUT2D eigenvalue weighted by Crippen LogP contribution is -2.40. The van der Waals surface area contributed by atoms with Crippen molar-refractivity contribution in [3.05, 3.63) is 52.8 Å². The molecule has 7 heteroatoms. The number of Topliss-reactive ketones (excluding diaryl/α,β-unsaturated/α-hetero) is 1. The van der Waals surface area contributed by atoms with Crippen molar-refractivity contribution in [2.24, 2.45) is 0 Å². The van der Waals surface area contributed by atoms with Crippen molar-refractivity contribution in [3.8, 4) is 5.75 Å². The number of carbonyl (C=O) groups excluding carboxylic acids is 3. The first-order valence-electron chi connectivity index (χ1n) is 9.79. The van der Waals surface area contributed by atoms with Gasteiger partial charge in [0.2, 0.25) is 0 Å². The fourth-order valence-corrected chi connectivity index (χ4v) is 3.36. The molecule has 7 nitrogen and oxygen atoms in total. The van der Waals surface area contributed by atoms with Gasteiger partial charge in [-0.15, -0.1) is 0 Å². The second-order valence-electron chi connectivity index (χ2n) is 7.12. The van der Waals surface area contributed by atoms with Crippen LogP contribution in [0.3, 0.4) is 0 Å². The van der Waals surface area contributed by atoms with Crippen LogP contribution in [-0.4, -0.2) is 53.3 Å². The second-order valence-corrected chi connectivity index (χ2v) is 7.12. The Hall–Kier alpha value is -3.09. The number of H-pyrrole nitrogens is 1. The molecule has 1 aromatic carbocycles. The molecule has 1 saturated carbocycles. The third kappa shape index (κ3) is 4.85.